The van der Waals surface area contributed by atoms with Crippen LogP contribution >= 0.6 is 11.6 Å². The van der Waals surface area contributed by atoms with E-state index in [-0.39, 0.29) is 11.5 Å². The first-order valence-electron chi connectivity index (χ1n) is 5.71. The van der Waals surface area contributed by atoms with Gasteiger partial charge < -0.3 is 4.74 Å². The van der Waals surface area contributed by atoms with Crippen molar-refractivity contribution in [1.82, 2.24) is 9.78 Å². The number of carbonyl (C=O) groups is 1. The molecule has 19 heavy (non-hydrogen) atoms. The van der Waals surface area contributed by atoms with Gasteiger partial charge in [-0.1, -0.05) is 0 Å². The SMILES string of the molecule is CCOc1cn(-c2ccc(F)cc2C)nc1C(=O)Cl. The number of rotatable bonds is 4. The van der Waals surface area contributed by atoms with Crippen molar-refractivity contribution in [1.29, 1.82) is 0 Å². The zero-order valence-corrected chi connectivity index (χ0v) is 11.2. The van der Waals surface area contributed by atoms with E-state index in [0.717, 1.165) is 0 Å². The molecular formula is C13H12ClFN2O2. The second-order valence-corrected chi connectivity index (χ2v) is 4.27. The minimum Gasteiger partial charge on any atom is -0.490 e. The van der Waals surface area contributed by atoms with Crippen LogP contribution in [0.15, 0.2) is 24.4 Å². The zero-order valence-electron chi connectivity index (χ0n) is 10.5. The quantitative estimate of drug-likeness (QED) is 0.810. The molecule has 0 aliphatic carbocycles. The summed E-state index contributed by atoms with van der Waals surface area (Å²) in [7, 11) is 0. The molecule has 1 aromatic heterocycles. The van der Waals surface area contributed by atoms with E-state index in [1.165, 1.54) is 16.8 Å². The maximum absolute atomic E-state index is 13.1. The third-order valence-electron chi connectivity index (χ3n) is 2.57. The number of hydrogen-bond donors (Lipinski definition) is 0. The van der Waals surface area contributed by atoms with Crippen molar-refractivity contribution in [2.45, 2.75) is 13.8 Å². The lowest BCUT2D eigenvalue weighted by molar-refractivity contribution is 0.107. The van der Waals surface area contributed by atoms with Gasteiger partial charge in [0.05, 0.1) is 18.5 Å². The largest absolute Gasteiger partial charge is 0.490 e. The third-order valence-corrected chi connectivity index (χ3v) is 2.75. The number of benzene rings is 1. The van der Waals surface area contributed by atoms with Crippen LogP contribution in [-0.2, 0) is 0 Å². The second kappa shape index (κ2) is 5.40. The summed E-state index contributed by atoms with van der Waals surface area (Å²) in [6.07, 6.45) is 1.55. The molecule has 0 saturated carbocycles. The molecular weight excluding hydrogens is 271 g/mol. The van der Waals surface area contributed by atoms with Gasteiger partial charge in [-0.15, -0.1) is 0 Å². The second-order valence-electron chi connectivity index (χ2n) is 3.92. The Labute approximate surface area is 114 Å². The number of aromatic nitrogens is 2. The molecule has 100 valence electrons. The van der Waals surface area contributed by atoms with Crippen LogP contribution in [0.3, 0.4) is 0 Å². The molecule has 0 radical (unpaired) electrons. The van der Waals surface area contributed by atoms with Gasteiger partial charge in [0.15, 0.2) is 11.4 Å². The summed E-state index contributed by atoms with van der Waals surface area (Å²) in [6.45, 7) is 3.94. The van der Waals surface area contributed by atoms with Gasteiger partial charge in [-0.3, -0.25) is 4.79 Å². The molecule has 0 fully saturated rings. The Bertz CT molecular complexity index is 625. The fraction of sp³-hybridized carbons (Fsp3) is 0.231. The summed E-state index contributed by atoms with van der Waals surface area (Å²) >= 11 is 5.46. The predicted molar refractivity (Wildman–Crippen MR) is 69.6 cm³/mol. The highest BCUT2D eigenvalue weighted by Crippen LogP contribution is 2.23. The van der Waals surface area contributed by atoms with E-state index in [4.69, 9.17) is 16.3 Å². The summed E-state index contributed by atoms with van der Waals surface area (Å²) in [6, 6.07) is 4.29. The number of ether oxygens (including phenoxy) is 1. The van der Waals surface area contributed by atoms with Gasteiger partial charge in [0, 0.05) is 0 Å². The molecule has 0 bridgehead atoms. The molecule has 6 heteroatoms. The van der Waals surface area contributed by atoms with Crippen LogP contribution in [0.25, 0.3) is 5.69 Å². The molecule has 0 atom stereocenters. The predicted octanol–water partition coefficient (Wildman–Crippen LogP) is 3.10. The van der Waals surface area contributed by atoms with Crippen LogP contribution in [-0.4, -0.2) is 21.6 Å². The Morgan fingerprint density at radius 1 is 1.53 bits per heavy atom. The maximum Gasteiger partial charge on any atom is 0.276 e. The van der Waals surface area contributed by atoms with E-state index in [1.807, 2.05) is 0 Å². The first kappa shape index (κ1) is 13.5. The van der Waals surface area contributed by atoms with Gasteiger partial charge in [0.25, 0.3) is 5.24 Å². The molecule has 0 amide bonds. The summed E-state index contributed by atoms with van der Waals surface area (Å²) in [5.41, 5.74) is 1.40. The molecule has 4 nitrogen and oxygen atoms in total. The van der Waals surface area contributed by atoms with Crippen molar-refractivity contribution in [3.05, 3.63) is 41.5 Å². The van der Waals surface area contributed by atoms with Gasteiger partial charge in [0.1, 0.15) is 5.82 Å². The van der Waals surface area contributed by atoms with Gasteiger partial charge in [-0.2, -0.15) is 5.10 Å². The molecule has 1 aromatic carbocycles. The number of aryl methyl sites for hydroxylation is 1. The van der Waals surface area contributed by atoms with Crippen LogP contribution < -0.4 is 4.74 Å². The average Bonchev–Trinajstić information content (AvgIpc) is 2.73. The van der Waals surface area contributed by atoms with Crippen molar-refractivity contribution >= 4 is 16.8 Å². The highest BCUT2D eigenvalue weighted by Gasteiger charge is 2.17. The van der Waals surface area contributed by atoms with E-state index in [1.54, 1.807) is 26.1 Å². The fourth-order valence-electron chi connectivity index (χ4n) is 1.75. The number of hydrogen-bond acceptors (Lipinski definition) is 3. The Kier molecular flexibility index (Phi) is 3.85. The molecule has 0 unspecified atom stereocenters. The van der Waals surface area contributed by atoms with E-state index in [9.17, 15) is 9.18 Å². The number of nitrogens with zero attached hydrogens (tertiary/aromatic N) is 2. The van der Waals surface area contributed by atoms with Crippen LogP contribution in [0.2, 0.25) is 0 Å². The first-order chi connectivity index (χ1) is 9.02. The zero-order chi connectivity index (χ0) is 14.0. The Balaban J connectivity index is 2.50. The van der Waals surface area contributed by atoms with Gasteiger partial charge in [-0.05, 0) is 49.2 Å². The van der Waals surface area contributed by atoms with Crippen LogP contribution in [0.5, 0.6) is 5.75 Å². The Morgan fingerprint density at radius 2 is 2.26 bits per heavy atom. The minimum absolute atomic E-state index is 0.0484. The van der Waals surface area contributed by atoms with Crippen molar-refractivity contribution in [3.8, 4) is 11.4 Å². The van der Waals surface area contributed by atoms with Crippen LogP contribution in [0, 0.1) is 12.7 Å². The minimum atomic E-state index is -0.693. The summed E-state index contributed by atoms with van der Waals surface area (Å²) in [5, 5.41) is 3.38. The molecule has 1 heterocycles. The van der Waals surface area contributed by atoms with Crippen molar-refractivity contribution in [3.63, 3.8) is 0 Å². The van der Waals surface area contributed by atoms with Gasteiger partial charge in [-0.25, -0.2) is 9.07 Å². The molecule has 0 aliphatic heterocycles. The number of carbonyl (C=O) groups excluding carboxylic acids is 1. The third kappa shape index (κ3) is 2.76. The lowest BCUT2D eigenvalue weighted by atomic mass is 10.2. The lowest BCUT2D eigenvalue weighted by Crippen LogP contribution is -2.00. The van der Waals surface area contributed by atoms with Gasteiger partial charge >= 0.3 is 0 Å². The lowest BCUT2D eigenvalue weighted by Gasteiger charge is -2.05. The van der Waals surface area contributed by atoms with E-state index in [0.29, 0.717) is 23.6 Å². The normalized spacial score (nSPS) is 10.5. The van der Waals surface area contributed by atoms with Crippen LogP contribution in [0.1, 0.15) is 23.0 Å². The smallest absolute Gasteiger partial charge is 0.276 e. The molecule has 0 aliphatic rings. The van der Waals surface area contributed by atoms with Crippen molar-refractivity contribution in [2.24, 2.45) is 0 Å². The number of halogens is 2. The van der Waals surface area contributed by atoms with Gasteiger partial charge in [0.2, 0.25) is 0 Å². The first-order valence-corrected chi connectivity index (χ1v) is 6.09. The summed E-state index contributed by atoms with van der Waals surface area (Å²) < 4.78 is 19.8. The van der Waals surface area contributed by atoms with Crippen molar-refractivity contribution < 1.29 is 13.9 Å². The fourth-order valence-corrected chi connectivity index (χ4v) is 1.89. The van der Waals surface area contributed by atoms with E-state index in [2.05, 4.69) is 5.10 Å². The molecule has 0 spiro atoms. The van der Waals surface area contributed by atoms with Crippen molar-refractivity contribution in [2.75, 3.05) is 6.61 Å². The molecule has 2 rings (SSSR count). The van der Waals surface area contributed by atoms with Crippen LogP contribution in [0.4, 0.5) is 4.39 Å². The summed E-state index contributed by atoms with van der Waals surface area (Å²) in [4.78, 5) is 11.3. The average molecular weight is 283 g/mol. The van der Waals surface area contributed by atoms with E-state index >= 15 is 0 Å². The molecule has 2 aromatic rings. The molecule has 0 N–H and O–H groups in total. The Hall–Kier alpha value is -1.88. The highest BCUT2D eigenvalue weighted by atomic mass is 35.5. The molecule has 0 saturated heterocycles. The summed E-state index contributed by atoms with van der Waals surface area (Å²) in [5.74, 6) is -0.0155. The van der Waals surface area contributed by atoms with E-state index < -0.39 is 5.24 Å². The topological polar surface area (TPSA) is 44.1 Å². The monoisotopic (exact) mass is 282 g/mol. The standard InChI is InChI=1S/C13H12ClFN2O2/c1-3-19-11-7-17(16-12(11)13(14)18)10-5-4-9(15)6-8(10)2/h4-7H,3H2,1-2H3. The maximum atomic E-state index is 13.1. The Morgan fingerprint density at radius 3 is 2.84 bits per heavy atom. The highest BCUT2D eigenvalue weighted by molar-refractivity contribution is 6.67.